The summed E-state index contributed by atoms with van der Waals surface area (Å²) in [5, 5.41) is 13.5. The van der Waals surface area contributed by atoms with Crippen LogP contribution < -0.4 is 5.01 Å². The molecular weight excluding hydrogens is 425 g/mol. The minimum atomic E-state index is -4.85. The third-order valence-electron chi connectivity index (χ3n) is 4.89. The smallest absolute Gasteiger partial charge is 0.435 e. The first-order valence-corrected chi connectivity index (χ1v) is 9.37. The van der Waals surface area contributed by atoms with E-state index < -0.39 is 29.3 Å². The number of carboxylic acid groups (broad SMARTS) is 1. The lowest BCUT2D eigenvalue weighted by atomic mass is 10.0. The zero-order valence-electron chi connectivity index (χ0n) is 16.6. The maximum absolute atomic E-state index is 13.6. The SMILES string of the molecule is Cc1c(C(=O)O)cccc1-c1ccc(/C=C2\C(=O)N(c3ccccc3)N=C2C(F)(F)F)o1. The summed E-state index contributed by atoms with van der Waals surface area (Å²) < 4.78 is 46.4. The van der Waals surface area contributed by atoms with Crippen molar-refractivity contribution in [2.75, 3.05) is 5.01 Å². The number of hydrazone groups is 1. The van der Waals surface area contributed by atoms with Crippen LogP contribution in [0.25, 0.3) is 17.4 Å². The highest BCUT2D eigenvalue weighted by Gasteiger charge is 2.47. The average Bonchev–Trinajstić information content (AvgIpc) is 3.34. The summed E-state index contributed by atoms with van der Waals surface area (Å²) in [5.74, 6) is -1.80. The Labute approximate surface area is 179 Å². The molecule has 1 aliphatic rings. The van der Waals surface area contributed by atoms with Gasteiger partial charge >= 0.3 is 12.1 Å². The number of carbonyl (C=O) groups is 2. The standard InChI is InChI=1S/C23H15F3N2O4/c1-13-16(8-5-9-17(13)22(30)31)19-11-10-15(32-19)12-18-20(23(24,25)26)27-28(21(18)29)14-6-3-2-4-7-14/h2-12H,1H3,(H,30,31)/b18-12-. The first-order valence-electron chi connectivity index (χ1n) is 9.37. The number of amides is 1. The molecule has 4 rings (SSSR count). The summed E-state index contributed by atoms with van der Waals surface area (Å²) in [6, 6.07) is 15.3. The van der Waals surface area contributed by atoms with Gasteiger partial charge in [0.25, 0.3) is 5.91 Å². The van der Waals surface area contributed by atoms with Crippen molar-refractivity contribution in [3.8, 4) is 11.3 Å². The van der Waals surface area contributed by atoms with E-state index in [-0.39, 0.29) is 22.8 Å². The van der Waals surface area contributed by atoms with E-state index >= 15 is 0 Å². The second-order valence-corrected chi connectivity index (χ2v) is 6.94. The lowest BCUT2D eigenvalue weighted by molar-refractivity contribution is -0.114. The number of carboxylic acids is 1. The van der Waals surface area contributed by atoms with Crippen LogP contribution in [0.2, 0.25) is 0 Å². The molecule has 0 saturated carbocycles. The Morgan fingerprint density at radius 3 is 2.44 bits per heavy atom. The second-order valence-electron chi connectivity index (χ2n) is 6.94. The molecule has 1 aromatic heterocycles. The summed E-state index contributed by atoms with van der Waals surface area (Å²) in [6.07, 6.45) is -3.87. The van der Waals surface area contributed by atoms with E-state index in [1.165, 1.54) is 30.3 Å². The Hall–Kier alpha value is -4.14. The number of furan rings is 1. The maximum atomic E-state index is 13.6. The first-order chi connectivity index (χ1) is 15.2. The van der Waals surface area contributed by atoms with Gasteiger partial charge in [0.15, 0.2) is 5.71 Å². The van der Waals surface area contributed by atoms with Gasteiger partial charge in [-0.1, -0.05) is 30.3 Å². The van der Waals surface area contributed by atoms with Crippen molar-refractivity contribution in [2.45, 2.75) is 13.1 Å². The summed E-state index contributed by atoms with van der Waals surface area (Å²) in [6.45, 7) is 1.60. The first kappa shape index (κ1) is 21.1. The number of carbonyl (C=O) groups excluding carboxylic acids is 1. The summed E-state index contributed by atoms with van der Waals surface area (Å²) in [4.78, 5) is 24.1. The number of halogens is 3. The molecule has 162 valence electrons. The fourth-order valence-electron chi connectivity index (χ4n) is 3.35. The van der Waals surface area contributed by atoms with Gasteiger partial charge in [-0.25, -0.2) is 4.79 Å². The zero-order chi connectivity index (χ0) is 23.0. The van der Waals surface area contributed by atoms with E-state index in [4.69, 9.17) is 4.42 Å². The molecule has 0 saturated heterocycles. The molecule has 32 heavy (non-hydrogen) atoms. The van der Waals surface area contributed by atoms with Crippen molar-refractivity contribution in [3.63, 3.8) is 0 Å². The summed E-state index contributed by atoms with van der Waals surface area (Å²) in [7, 11) is 0. The van der Waals surface area contributed by atoms with Crippen molar-refractivity contribution in [2.24, 2.45) is 5.10 Å². The molecule has 2 aromatic carbocycles. The molecule has 0 bridgehead atoms. The van der Waals surface area contributed by atoms with Gasteiger partial charge in [-0.2, -0.15) is 23.3 Å². The van der Waals surface area contributed by atoms with Crippen LogP contribution in [0.15, 0.2) is 75.8 Å². The highest BCUT2D eigenvalue weighted by molar-refractivity contribution is 6.34. The Kier molecular flexibility index (Phi) is 5.17. The van der Waals surface area contributed by atoms with E-state index in [0.29, 0.717) is 16.1 Å². The van der Waals surface area contributed by atoms with Crippen LogP contribution >= 0.6 is 0 Å². The number of para-hydroxylation sites is 1. The van der Waals surface area contributed by atoms with Crippen LogP contribution in [0.1, 0.15) is 21.7 Å². The molecule has 0 radical (unpaired) electrons. The van der Waals surface area contributed by atoms with Crippen LogP contribution in [-0.2, 0) is 4.79 Å². The predicted octanol–water partition coefficient (Wildman–Crippen LogP) is 5.30. The molecule has 0 spiro atoms. The molecule has 0 atom stereocenters. The fraction of sp³-hybridized carbons (Fsp3) is 0.0870. The van der Waals surface area contributed by atoms with Gasteiger partial charge < -0.3 is 9.52 Å². The summed E-state index contributed by atoms with van der Waals surface area (Å²) >= 11 is 0. The van der Waals surface area contributed by atoms with E-state index in [2.05, 4.69) is 5.10 Å². The van der Waals surface area contributed by atoms with Crippen molar-refractivity contribution < 1.29 is 32.3 Å². The number of rotatable bonds is 4. The molecule has 1 N–H and O–H groups in total. The normalized spacial score (nSPS) is 15.4. The number of aromatic carboxylic acids is 1. The molecule has 2 heterocycles. The number of nitrogens with zero attached hydrogens (tertiary/aromatic N) is 2. The topological polar surface area (TPSA) is 83.1 Å². The zero-order valence-corrected chi connectivity index (χ0v) is 16.6. The van der Waals surface area contributed by atoms with Crippen molar-refractivity contribution in [1.82, 2.24) is 0 Å². The lowest BCUT2D eigenvalue weighted by Gasteiger charge is -2.10. The van der Waals surface area contributed by atoms with Crippen LogP contribution in [0.3, 0.4) is 0 Å². The number of benzene rings is 2. The average molecular weight is 440 g/mol. The number of alkyl halides is 3. The molecule has 0 aliphatic carbocycles. The minimum Gasteiger partial charge on any atom is -0.478 e. The van der Waals surface area contributed by atoms with Gasteiger partial charge in [0.05, 0.1) is 16.8 Å². The van der Waals surface area contributed by atoms with Gasteiger partial charge in [0.1, 0.15) is 11.5 Å². The molecule has 9 heteroatoms. The van der Waals surface area contributed by atoms with Crippen LogP contribution in [-0.4, -0.2) is 28.9 Å². The number of hydrogen-bond acceptors (Lipinski definition) is 4. The minimum absolute atomic E-state index is 0.00432. The Balaban J connectivity index is 1.74. The Morgan fingerprint density at radius 2 is 1.78 bits per heavy atom. The third-order valence-corrected chi connectivity index (χ3v) is 4.89. The van der Waals surface area contributed by atoms with E-state index in [1.807, 2.05) is 0 Å². The second kappa shape index (κ2) is 7.84. The number of anilines is 1. The molecule has 0 unspecified atom stereocenters. The van der Waals surface area contributed by atoms with Crippen molar-refractivity contribution >= 4 is 29.4 Å². The van der Waals surface area contributed by atoms with E-state index in [0.717, 1.165) is 6.08 Å². The molecular formula is C23H15F3N2O4. The largest absolute Gasteiger partial charge is 0.478 e. The Morgan fingerprint density at radius 1 is 1.06 bits per heavy atom. The molecule has 1 amide bonds. The highest BCUT2D eigenvalue weighted by Crippen LogP contribution is 2.34. The quantitative estimate of drug-likeness (QED) is 0.558. The van der Waals surface area contributed by atoms with Gasteiger partial charge in [0, 0.05) is 5.56 Å². The van der Waals surface area contributed by atoms with Gasteiger partial charge in [-0.05, 0) is 48.9 Å². The lowest BCUT2D eigenvalue weighted by Crippen LogP contribution is -2.25. The number of hydrogen-bond donors (Lipinski definition) is 1. The molecule has 1 aliphatic heterocycles. The van der Waals surface area contributed by atoms with Crippen LogP contribution in [0, 0.1) is 6.92 Å². The van der Waals surface area contributed by atoms with Crippen LogP contribution in [0.5, 0.6) is 0 Å². The van der Waals surface area contributed by atoms with Gasteiger partial charge in [0.2, 0.25) is 0 Å². The maximum Gasteiger partial charge on any atom is 0.435 e. The van der Waals surface area contributed by atoms with Gasteiger partial charge in [-0.3, -0.25) is 4.79 Å². The highest BCUT2D eigenvalue weighted by atomic mass is 19.4. The summed E-state index contributed by atoms with van der Waals surface area (Å²) in [5.41, 5.74) is -0.786. The molecule has 3 aromatic rings. The predicted molar refractivity (Wildman–Crippen MR) is 111 cm³/mol. The third kappa shape index (κ3) is 3.80. The Bertz CT molecular complexity index is 1270. The molecule has 0 fully saturated rings. The van der Waals surface area contributed by atoms with E-state index in [9.17, 15) is 27.9 Å². The van der Waals surface area contributed by atoms with Crippen LogP contribution in [0.4, 0.5) is 18.9 Å². The van der Waals surface area contributed by atoms with Gasteiger partial charge in [-0.15, -0.1) is 0 Å². The fourth-order valence-corrected chi connectivity index (χ4v) is 3.35. The molecule has 6 nitrogen and oxygen atoms in total. The van der Waals surface area contributed by atoms with Crippen molar-refractivity contribution in [1.29, 1.82) is 0 Å². The van der Waals surface area contributed by atoms with E-state index in [1.54, 1.807) is 37.3 Å². The monoisotopic (exact) mass is 440 g/mol. The van der Waals surface area contributed by atoms with Crippen molar-refractivity contribution in [3.05, 3.63) is 83.1 Å².